The van der Waals surface area contributed by atoms with Crippen LogP contribution in [0.15, 0.2) is 66.7 Å². The summed E-state index contributed by atoms with van der Waals surface area (Å²) < 4.78 is 34.3. The van der Waals surface area contributed by atoms with Gasteiger partial charge in [-0.15, -0.1) is 12.4 Å². The van der Waals surface area contributed by atoms with Gasteiger partial charge in [0.25, 0.3) is 0 Å². The van der Waals surface area contributed by atoms with Gasteiger partial charge in [0, 0.05) is 29.6 Å². The van der Waals surface area contributed by atoms with Crippen molar-refractivity contribution in [3.8, 4) is 5.75 Å². The van der Waals surface area contributed by atoms with E-state index in [1.807, 2.05) is 30.3 Å². The van der Waals surface area contributed by atoms with Gasteiger partial charge in [-0.05, 0) is 42.0 Å². The van der Waals surface area contributed by atoms with Crippen LogP contribution in [-0.4, -0.2) is 6.04 Å². The number of rotatable bonds is 6. The monoisotopic (exact) mass is 427 g/mol. The minimum Gasteiger partial charge on any atom is -0.486 e. The van der Waals surface area contributed by atoms with E-state index < -0.39 is 11.6 Å². The molecule has 1 N–H and O–H groups in total. The number of halogens is 3. The average molecular weight is 428 g/mol. The quantitative estimate of drug-likeness (QED) is 0.513. The highest BCUT2D eigenvalue weighted by atomic mass is 35.5. The molecule has 156 valence electrons. The van der Waals surface area contributed by atoms with Gasteiger partial charge in [-0.1, -0.05) is 54.6 Å². The van der Waals surface area contributed by atoms with Crippen molar-refractivity contribution < 1.29 is 13.5 Å². The molecule has 0 amide bonds. The predicted octanol–water partition coefficient (Wildman–Crippen LogP) is 6.10. The van der Waals surface area contributed by atoms with Crippen LogP contribution in [0.3, 0.4) is 0 Å². The van der Waals surface area contributed by atoms with Crippen LogP contribution in [-0.2, 0) is 13.0 Å². The molecular formula is C25H24ClF2NO. The van der Waals surface area contributed by atoms with Gasteiger partial charge in [0.2, 0.25) is 0 Å². The standard InChI is InChI=1S/C25H23F2NO.ClH/c26-18-12-21(25(22(27)13-18)29-15-16-6-2-1-3-7-16)20-14-24(20)28-23-11-10-17-8-4-5-9-19(17)23;/h1-9,12-13,20,23-24,28H,10-11,14-15H2;1H/t20-,23?,24+;/m0./s1. The Bertz CT molecular complexity index is 1030. The predicted molar refractivity (Wildman–Crippen MR) is 116 cm³/mol. The molecule has 3 atom stereocenters. The van der Waals surface area contributed by atoms with Crippen molar-refractivity contribution in [1.82, 2.24) is 5.32 Å². The molecule has 0 radical (unpaired) electrons. The summed E-state index contributed by atoms with van der Waals surface area (Å²) in [7, 11) is 0. The van der Waals surface area contributed by atoms with Gasteiger partial charge in [-0.3, -0.25) is 0 Å². The van der Waals surface area contributed by atoms with E-state index in [9.17, 15) is 8.78 Å². The van der Waals surface area contributed by atoms with Crippen molar-refractivity contribution in [3.05, 3.63) is 101 Å². The first kappa shape index (κ1) is 20.8. The second-order valence-corrected chi connectivity index (χ2v) is 7.99. The van der Waals surface area contributed by atoms with Crippen LogP contribution in [0, 0.1) is 11.6 Å². The number of nitrogens with one attached hydrogen (secondary N) is 1. The summed E-state index contributed by atoms with van der Waals surface area (Å²) in [6, 6.07) is 21.0. The molecule has 2 nitrogen and oxygen atoms in total. The molecule has 0 bridgehead atoms. The molecule has 5 rings (SSSR count). The van der Waals surface area contributed by atoms with Crippen molar-refractivity contribution in [2.24, 2.45) is 0 Å². The number of aryl methyl sites for hydroxylation is 1. The minimum absolute atomic E-state index is 0. The van der Waals surface area contributed by atoms with Gasteiger partial charge in [-0.25, -0.2) is 8.78 Å². The molecule has 0 saturated heterocycles. The zero-order valence-corrected chi connectivity index (χ0v) is 17.3. The fourth-order valence-corrected chi connectivity index (χ4v) is 4.45. The van der Waals surface area contributed by atoms with Gasteiger partial charge in [0.05, 0.1) is 0 Å². The highest BCUT2D eigenvalue weighted by Crippen LogP contribution is 2.48. The molecule has 1 fully saturated rings. The normalized spacial score (nSPS) is 21.6. The fraction of sp³-hybridized carbons (Fsp3) is 0.280. The maximum absolute atomic E-state index is 14.5. The summed E-state index contributed by atoms with van der Waals surface area (Å²) in [5.41, 5.74) is 4.33. The molecule has 0 aromatic heterocycles. The summed E-state index contributed by atoms with van der Waals surface area (Å²) in [6.07, 6.45) is 3.01. The van der Waals surface area contributed by atoms with Crippen LogP contribution in [0.4, 0.5) is 8.78 Å². The molecule has 3 aromatic rings. The van der Waals surface area contributed by atoms with E-state index in [0.717, 1.165) is 30.9 Å². The molecular weight excluding hydrogens is 404 g/mol. The lowest BCUT2D eigenvalue weighted by Crippen LogP contribution is -2.22. The zero-order valence-electron chi connectivity index (χ0n) is 16.5. The largest absolute Gasteiger partial charge is 0.486 e. The van der Waals surface area contributed by atoms with Crippen molar-refractivity contribution in [2.45, 2.75) is 43.9 Å². The number of hydrogen-bond acceptors (Lipinski definition) is 2. The molecule has 2 aliphatic rings. The van der Waals surface area contributed by atoms with Crippen LogP contribution in [0.1, 0.15) is 47.1 Å². The molecule has 1 saturated carbocycles. The molecule has 5 heteroatoms. The summed E-state index contributed by atoms with van der Waals surface area (Å²) in [5, 5.41) is 3.70. The summed E-state index contributed by atoms with van der Waals surface area (Å²) in [4.78, 5) is 0. The number of ether oxygens (including phenoxy) is 1. The van der Waals surface area contributed by atoms with E-state index in [1.165, 1.54) is 17.2 Å². The Morgan fingerprint density at radius 3 is 2.53 bits per heavy atom. The first-order chi connectivity index (χ1) is 14.2. The maximum atomic E-state index is 14.5. The summed E-state index contributed by atoms with van der Waals surface area (Å²) in [6.45, 7) is 0.261. The van der Waals surface area contributed by atoms with E-state index >= 15 is 0 Å². The van der Waals surface area contributed by atoms with E-state index in [-0.39, 0.29) is 36.7 Å². The molecule has 1 unspecified atom stereocenters. The fourth-order valence-electron chi connectivity index (χ4n) is 4.45. The Kier molecular flexibility index (Phi) is 6.07. The molecule has 0 spiro atoms. The third-order valence-electron chi connectivity index (χ3n) is 6.00. The van der Waals surface area contributed by atoms with Crippen LogP contribution >= 0.6 is 12.4 Å². The highest BCUT2D eigenvalue weighted by Gasteiger charge is 2.43. The third kappa shape index (κ3) is 4.21. The van der Waals surface area contributed by atoms with Crippen LogP contribution in [0.25, 0.3) is 0 Å². The zero-order chi connectivity index (χ0) is 19.8. The summed E-state index contributed by atoms with van der Waals surface area (Å²) >= 11 is 0. The molecule has 30 heavy (non-hydrogen) atoms. The maximum Gasteiger partial charge on any atom is 0.168 e. The van der Waals surface area contributed by atoms with Gasteiger partial charge in [-0.2, -0.15) is 0 Å². The van der Waals surface area contributed by atoms with E-state index in [1.54, 1.807) is 0 Å². The van der Waals surface area contributed by atoms with Crippen LogP contribution < -0.4 is 10.1 Å². The van der Waals surface area contributed by atoms with Gasteiger partial charge < -0.3 is 10.1 Å². The topological polar surface area (TPSA) is 21.3 Å². The van der Waals surface area contributed by atoms with E-state index in [2.05, 4.69) is 29.6 Å². The lowest BCUT2D eigenvalue weighted by atomic mass is 10.1. The Morgan fingerprint density at radius 1 is 0.933 bits per heavy atom. The van der Waals surface area contributed by atoms with Crippen molar-refractivity contribution >= 4 is 12.4 Å². The Balaban J connectivity index is 0.00000218. The third-order valence-corrected chi connectivity index (χ3v) is 6.00. The van der Waals surface area contributed by atoms with E-state index in [0.29, 0.717) is 11.6 Å². The van der Waals surface area contributed by atoms with Crippen LogP contribution in [0.2, 0.25) is 0 Å². The van der Waals surface area contributed by atoms with Crippen molar-refractivity contribution in [3.63, 3.8) is 0 Å². The second-order valence-electron chi connectivity index (χ2n) is 7.99. The second kappa shape index (κ2) is 8.75. The van der Waals surface area contributed by atoms with Crippen molar-refractivity contribution in [2.75, 3.05) is 0 Å². The molecule has 3 aromatic carbocycles. The van der Waals surface area contributed by atoms with Crippen molar-refractivity contribution in [1.29, 1.82) is 0 Å². The number of fused-ring (bicyclic) bond motifs is 1. The Morgan fingerprint density at radius 2 is 1.70 bits per heavy atom. The van der Waals surface area contributed by atoms with Gasteiger partial charge >= 0.3 is 0 Å². The molecule has 0 aliphatic heterocycles. The highest BCUT2D eigenvalue weighted by molar-refractivity contribution is 5.85. The number of benzene rings is 3. The Hall–Kier alpha value is -2.43. The lowest BCUT2D eigenvalue weighted by Gasteiger charge is -2.16. The van der Waals surface area contributed by atoms with Gasteiger partial charge in [0.1, 0.15) is 12.4 Å². The SMILES string of the molecule is Cl.Fc1cc(F)c(OCc2ccccc2)c([C@@H]2C[C@H]2NC2CCc3ccccc32)c1. The smallest absolute Gasteiger partial charge is 0.168 e. The summed E-state index contributed by atoms with van der Waals surface area (Å²) in [5.74, 6) is -0.940. The Labute approximate surface area is 181 Å². The average Bonchev–Trinajstić information content (AvgIpc) is 3.38. The lowest BCUT2D eigenvalue weighted by molar-refractivity contribution is 0.285. The van der Waals surface area contributed by atoms with Crippen LogP contribution in [0.5, 0.6) is 5.75 Å². The first-order valence-corrected chi connectivity index (χ1v) is 10.2. The van der Waals surface area contributed by atoms with Gasteiger partial charge in [0.15, 0.2) is 11.6 Å². The molecule has 0 heterocycles. The molecule has 2 aliphatic carbocycles. The first-order valence-electron chi connectivity index (χ1n) is 10.2. The number of hydrogen-bond donors (Lipinski definition) is 1. The minimum atomic E-state index is -0.632. The van der Waals surface area contributed by atoms with E-state index in [4.69, 9.17) is 4.74 Å².